The summed E-state index contributed by atoms with van der Waals surface area (Å²) in [5, 5.41) is 93.9. The zero-order chi connectivity index (χ0) is 86.7. The first-order valence-electron chi connectivity index (χ1n) is 46.8. The van der Waals surface area contributed by atoms with Gasteiger partial charge < -0.3 is 30.6 Å². The minimum absolute atomic E-state index is 0.0741. The molecule has 0 spiro atoms. The van der Waals surface area contributed by atoms with E-state index in [2.05, 4.69) is 79.7 Å². The van der Waals surface area contributed by atoms with Crippen molar-refractivity contribution in [2.75, 3.05) is 14.2 Å². The van der Waals surface area contributed by atoms with E-state index >= 15 is 0 Å². The molecule has 0 radical (unpaired) electrons. The maximum absolute atomic E-state index is 13.3. The molecule has 4 aromatic heterocycles. The number of hydrogen-bond acceptors (Lipinski definition) is 14. The molecule has 0 bridgehead atoms. The van der Waals surface area contributed by atoms with Gasteiger partial charge in [-0.05, 0) is 370 Å². The Kier molecular flexibility index (Phi) is 22.0. The molecule has 0 saturated heterocycles. The van der Waals surface area contributed by atoms with Gasteiger partial charge in [-0.3, -0.25) is 0 Å². The molecule has 8 aromatic rings. The molecule has 124 heavy (non-hydrogen) atoms. The minimum Gasteiger partial charge on any atom is -0.400 e. The summed E-state index contributed by atoms with van der Waals surface area (Å²) in [5.41, 5.74) is 19.8. The van der Waals surface area contributed by atoms with Crippen molar-refractivity contribution in [3.63, 3.8) is 0 Å². The summed E-state index contributed by atoms with van der Waals surface area (Å²) in [6, 6.07) is 25.7. The van der Waals surface area contributed by atoms with Gasteiger partial charge in [-0.25, -0.2) is 17.6 Å². The number of hydrogen-bond donors (Lipinski definition) is 6. The molecule has 660 valence electrons. The van der Waals surface area contributed by atoms with E-state index in [4.69, 9.17) is 51.0 Å². The molecular formula is C102H128F4N12O6. The summed E-state index contributed by atoms with van der Waals surface area (Å²) < 4.78 is 53.2. The number of allylic oxidation sites excluding steroid dienone is 4. The fourth-order valence-electron chi connectivity index (χ4n) is 29.8. The van der Waals surface area contributed by atoms with E-state index in [0.717, 1.165) is 237 Å². The van der Waals surface area contributed by atoms with Crippen LogP contribution in [0.3, 0.4) is 0 Å². The quantitative estimate of drug-likeness (QED) is 0.0709. The Labute approximate surface area is 727 Å². The largest absolute Gasteiger partial charge is 0.400 e. The van der Waals surface area contributed by atoms with Crippen molar-refractivity contribution in [1.29, 1.82) is 0 Å². The predicted octanol–water partition coefficient (Wildman–Crippen LogP) is 18.2. The lowest BCUT2D eigenvalue weighted by Gasteiger charge is -2.57. The van der Waals surface area contributed by atoms with E-state index in [0.29, 0.717) is 71.0 Å². The van der Waals surface area contributed by atoms with Crippen molar-refractivity contribution in [3.8, 4) is 22.7 Å². The zero-order valence-electron chi connectivity index (χ0n) is 74.1. The summed E-state index contributed by atoms with van der Waals surface area (Å²) in [6.07, 6.45) is 39.0. The highest BCUT2D eigenvalue weighted by Crippen LogP contribution is 2.69. The molecule has 6 N–H and O–H groups in total. The molecule has 8 saturated carbocycles. The topological polar surface area (TPSA) is 244 Å². The van der Waals surface area contributed by atoms with E-state index in [1.54, 1.807) is 67.7 Å². The second-order valence-electron chi connectivity index (χ2n) is 42.3. The van der Waals surface area contributed by atoms with Gasteiger partial charge in [0.05, 0.1) is 92.7 Å². The summed E-state index contributed by atoms with van der Waals surface area (Å²) >= 11 is 0. The Balaban J connectivity index is 0.000000107. The third-order valence-corrected chi connectivity index (χ3v) is 36.7. The fraction of sp³-hybridized carbons (Fsp3) is 0.608. The van der Waals surface area contributed by atoms with Gasteiger partial charge in [-0.2, -0.15) is 60.0 Å². The van der Waals surface area contributed by atoms with Gasteiger partial charge in [0.1, 0.15) is 23.3 Å². The van der Waals surface area contributed by atoms with Gasteiger partial charge in [0.25, 0.3) is 0 Å². The molecule has 0 unspecified atom stereocenters. The van der Waals surface area contributed by atoms with Crippen LogP contribution >= 0.6 is 0 Å². The van der Waals surface area contributed by atoms with Crippen molar-refractivity contribution < 1.29 is 48.2 Å². The second kappa shape index (κ2) is 32.0. The lowest BCUT2D eigenvalue weighted by Crippen LogP contribution is -2.51. The molecule has 0 amide bonds. The lowest BCUT2D eigenvalue weighted by atomic mass is 9.48. The van der Waals surface area contributed by atoms with Gasteiger partial charge in [0.15, 0.2) is 0 Å². The first-order valence-corrected chi connectivity index (χ1v) is 46.8. The third-order valence-electron chi connectivity index (χ3n) is 36.7. The first-order chi connectivity index (χ1) is 59.5. The van der Waals surface area contributed by atoms with Gasteiger partial charge >= 0.3 is 0 Å². The normalized spacial score (nSPS) is 38.4. The average Bonchev–Trinajstić information content (AvgIpc) is 1.53. The van der Waals surface area contributed by atoms with E-state index < -0.39 is 0 Å². The smallest absolute Gasteiger partial charge is 0.123 e. The van der Waals surface area contributed by atoms with Crippen molar-refractivity contribution in [2.24, 2.45) is 92.7 Å². The molecule has 24 rings (SSSR count). The van der Waals surface area contributed by atoms with Crippen LogP contribution in [0.1, 0.15) is 255 Å². The summed E-state index contributed by atoms with van der Waals surface area (Å²) in [7, 11) is 2.00. The number of aliphatic hydroxyl groups is 6. The molecular weight excluding hydrogens is 1570 g/mol. The Hall–Kier alpha value is -8.12. The van der Waals surface area contributed by atoms with E-state index in [1.807, 2.05) is 0 Å². The van der Waals surface area contributed by atoms with Gasteiger partial charge in [-0.1, -0.05) is 102 Å². The number of aliphatic hydroxyl groups excluding tert-OH is 6. The van der Waals surface area contributed by atoms with Crippen LogP contribution in [-0.2, 0) is 47.3 Å². The van der Waals surface area contributed by atoms with Crippen molar-refractivity contribution >= 4 is 0 Å². The van der Waals surface area contributed by atoms with Crippen LogP contribution in [0.2, 0.25) is 0 Å². The number of nitrogens with zero attached hydrogens (tertiary/aromatic N) is 12. The zero-order valence-corrected chi connectivity index (χ0v) is 74.1. The van der Waals surface area contributed by atoms with Crippen LogP contribution < -0.4 is 0 Å². The van der Waals surface area contributed by atoms with E-state index in [1.165, 1.54) is 96.5 Å². The van der Waals surface area contributed by atoms with Crippen molar-refractivity contribution in [1.82, 2.24) is 60.0 Å². The van der Waals surface area contributed by atoms with Crippen LogP contribution in [-0.4, -0.2) is 129 Å². The van der Waals surface area contributed by atoms with E-state index in [-0.39, 0.29) is 91.0 Å². The Morgan fingerprint density at radius 3 is 0.629 bits per heavy atom. The van der Waals surface area contributed by atoms with Gasteiger partial charge in [0, 0.05) is 35.9 Å². The van der Waals surface area contributed by atoms with Crippen molar-refractivity contribution in [3.05, 3.63) is 212 Å². The molecule has 8 fully saturated rings. The maximum Gasteiger partial charge on any atom is 0.123 e. The highest BCUT2D eigenvalue weighted by atomic mass is 19.1. The monoisotopic (exact) mass is 1690 g/mol. The maximum atomic E-state index is 13.3. The Morgan fingerprint density at radius 1 is 0.250 bits per heavy atom. The third kappa shape index (κ3) is 13.8. The second-order valence-corrected chi connectivity index (χ2v) is 42.3. The van der Waals surface area contributed by atoms with Crippen LogP contribution in [0.25, 0.3) is 22.7 Å². The number of benzene rings is 4. The molecule has 18 nitrogen and oxygen atoms in total. The molecule has 16 aliphatic rings. The molecule has 24 atom stereocenters. The molecule has 22 heteroatoms. The van der Waals surface area contributed by atoms with Gasteiger partial charge in [0.2, 0.25) is 0 Å². The number of halogens is 4. The summed E-state index contributed by atoms with van der Waals surface area (Å²) in [5.74, 6) is 6.90. The van der Waals surface area contributed by atoms with Crippen LogP contribution in [0.15, 0.2) is 144 Å². The van der Waals surface area contributed by atoms with Gasteiger partial charge in [-0.15, -0.1) is 0 Å². The molecule has 0 aliphatic heterocycles. The molecule has 4 heterocycles. The average molecular weight is 1690 g/mol. The van der Waals surface area contributed by atoms with Crippen molar-refractivity contribution in [2.45, 2.75) is 281 Å². The minimum atomic E-state index is -0.239. The fourth-order valence-corrected chi connectivity index (χ4v) is 29.8. The Bertz CT molecular complexity index is 4780. The standard InChI is InChI=1S/4C25H30FN3O.2CH4O/c4*1-24-11-9-18(30)13-15(24)3-8-19-20(24)10-12-25(2)21(19)14-22-23(25)28-29(27-22)17-6-4-16(26)5-7-17;2*1-2/h4*3-7,18-21,30H,8-14H2,1-2H3;2*2H,1H3/t4*18-,19+,20-,21-,24-,25-;;/m0000../s1. The SMILES string of the molecule is CO.CO.C[C@]12CC[C@H](O)CC1=CC[C@@H]1[C@@H]2CC[C@]2(C)c3nn(-c4ccc(F)cc4)nc3C[C@@H]12.C[C@]12CC[C@H](O)CC1=CC[C@@H]1[C@@H]2CC[C@]2(C)c3nn(-c4ccc(F)cc4)nc3C[C@@H]12.C[C@]12CC[C@H](O)CC1=CC[C@@H]1[C@@H]2CC[C@]2(C)c3nn(-c4ccc(F)cc4)nc3C[C@@H]12.C[C@]12CC[C@H](O)CC1=CC[C@@H]1[C@@H]2CC[C@]2(C)c3nn(-c4ccc(F)cc4)nc3C[C@@H]12. The molecule has 4 aromatic carbocycles. The number of rotatable bonds is 4. The number of aromatic nitrogens is 12. The lowest BCUT2D eigenvalue weighted by molar-refractivity contribution is -0.0175. The summed E-state index contributed by atoms with van der Waals surface area (Å²) in [4.78, 5) is 6.78. The molecule has 16 aliphatic carbocycles. The summed E-state index contributed by atoms with van der Waals surface area (Å²) in [6.45, 7) is 19.4. The van der Waals surface area contributed by atoms with E-state index in [9.17, 15) is 38.0 Å². The highest BCUT2D eigenvalue weighted by molar-refractivity contribution is 5.44. The van der Waals surface area contributed by atoms with Crippen LogP contribution in [0.4, 0.5) is 17.6 Å². The number of fused-ring (bicyclic) bond motifs is 28. The predicted molar refractivity (Wildman–Crippen MR) is 467 cm³/mol. The van der Waals surface area contributed by atoms with Crippen LogP contribution in [0, 0.1) is 116 Å². The Morgan fingerprint density at radius 2 is 0.435 bits per heavy atom. The van der Waals surface area contributed by atoms with Crippen LogP contribution in [0.5, 0.6) is 0 Å². The first kappa shape index (κ1) is 85.3. The highest BCUT2D eigenvalue weighted by Gasteiger charge is 2.64.